The molecule has 2 aromatic rings. The molecule has 0 unspecified atom stereocenters. The summed E-state index contributed by atoms with van der Waals surface area (Å²) >= 11 is 0. The molecule has 0 bridgehead atoms. The van der Waals surface area contributed by atoms with Crippen molar-refractivity contribution >= 4 is 15.8 Å². The summed E-state index contributed by atoms with van der Waals surface area (Å²) in [5.41, 5.74) is 2.77. The number of aromatic nitrogens is 2. The highest BCUT2D eigenvalue weighted by Gasteiger charge is 2.16. The lowest BCUT2D eigenvalue weighted by Gasteiger charge is -2.27. The van der Waals surface area contributed by atoms with Gasteiger partial charge in [0.05, 0.1) is 10.6 Å². The van der Waals surface area contributed by atoms with Crippen LogP contribution in [0.3, 0.4) is 0 Å². The lowest BCUT2D eigenvalue weighted by molar-refractivity contribution is 0.567. The summed E-state index contributed by atoms with van der Waals surface area (Å²) in [5, 5.41) is 0. The third-order valence-corrected chi connectivity index (χ3v) is 5.48. The lowest BCUT2D eigenvalue weighted by atomic mass is 10.1. The Morgan fingerprint density at radius 2 is 1.71 bits per heavy atom. The van der Waals surface area contributed by atoms with Crippen molar-refractivity contribution in [1.82, 2.24) is 9.97 Å². The molecule has 3 rings (SSSR count). The first-order valence-electron chi connectivity index (χ1n) is 8.41. The van der Waals surface area contributed by atoms with Gasteiger partial charge in [0.2, 0.25) is 5.95 Å². The minimum absolute atomic E-state index is 0.326. The van der Waals surface area contributed by atoms with Crippen molar-refractivity contribution in [3.63, 3.8) is 0 Å². The Bertz CT molecular complexity index is 811. The van der Waals surface area contributed by atoms with Gasteiger partial charge >= 0.3 is 0 Å². The third kappa shape index (κ3) is 3.75. The van der Waals surface area contributed by atoms with E-state index >= 15 is 0 Å². The van der Waals surface area contributed by atoms with Crippen LogP contribution in [0.15, 0.2) is 35.2 Å². The van der Waals surface area contributed by atoms with Gasteiger partial charge in [0.15, 0.2) is 9.84 Å². The minimum Gasteiger partial charge on any atom is -0.341 e. The molecule has 2 heterocycles. The zero-order valence-electron chi connectivity index (χ0n) is 14.2. The van der Waals surface area contributed by atoms with Crippen LogP contribution in [-0.4, -0.2) is 37.7 Å². The van der Waals surface area contributed by atoms with Crippen LogP contribution in [0.4, 0.5) is 5.95 Å². The molecule has 0 spiro atoms. The first-order chi connectivity index (χ1) is 11.5. The van der Waals surface area contributed by atoms with E-state index < -0.39 is 9.84 Å². The minimum atomic E-state index is -3.18. The van der Waals surface area contributed by atoms with Crippen molar-refractivity contribution in [3.8, 4) is 11.3 Å². The topological polar surface area (TPSA) is 63.2 Å². The Labute approximate surface area is 143 Å². The van der Waals surface area contributed by atoms with Gasteiger partial charge in [-0.25, -0.2) is 18.4 Å². The van der Waals surface area contributed by atoms with E-state index in [1.807, 2.05) is 18.2 Å². The standard InChI is InChI=1S/C18H23N3O2S/c1-3-15-13-17(14-7-9-16(10-8-14)24(2,22)23)20-18(19-15)21-11-5-4-6-12-21/h7-10,13H,3-6,11-12H2,1-2H3. The largest absolute Gasteiger partial charge is 0.341 e. The van der Waals surface area contributed by atoms with E-state index in [2.05, 4.69) is 16.8 Å². The van der Waals surface area contributed by atoms with Gasteiger partial charge in [-0.3, -0.25) is 0 Å². The summed E-state index contributed by atoms with van der Waals surface area (Å²) in [4.78, 5) is 12.0. The summed E-state index contributed by atoms with van der Waals surface area (Å²) < 4.78 is 23.2. The summed E-state index contributed by atoms with van der Waals surface area (Å²) in [5.74, 6) is 0.788. The van der Waals surface area contributed by atoms with Gasteiger partial charge in [-0.1, -0.05) is 19.1 Å². The fraction of sp³-hybridized carbons (Fsp3) is 0.444. The second-order valence-corrected chi connectivity index (χ2v) is 8.26. The predicted molar refractivity (Wildman–Crippen MR) is 96.0 cm³/mol. The number of hydrogen-bond donors (Lipinski definition) is 0. The zero-order chi connectivity index (χ0) is 17.2. The van der Waals surface area contributed by atoms with Crippen molar-refractivity contribution in [2.24, 2.45) is 0 Å². The van der Waals surface area contributed by atoms with Crippen LogP contribution in [0.1, 0.15) is 31.9 Å². The van der Waals surface area contributed by atoms with Crippen LogP contribution < -0.4 is 4.90 Å². The van der Waals surface area contributed by atoms with Crippen LogP contribution in [0.2, 0.25) is 0 Å². The van der Waals surface area contributed by atoms with Gasteiger partial charge in [-0.2, -0.15) is 0 Å². The van der Waals surface area contributed by atoms with Crippen molar-refractivity contribution in [3.05, 3.63) is 36.0 Å². The van der Waals surface area contributed by atoms with Gasteiger partial charge in [0.25, 0.3) is 0 Å². The summed E-state index contributed by atoms with van der Waals surface area (Å²) in [6.45, 7) is 4.08. The molecule has 6 heteroatoms. The molecule has 0 radical (unpaired) electrons. The highest BCUT2D eigenvalue weighted by Crippen LogP contribution is 2.24. The van der Waals surface area contributed by atoms with Gasteiger partial charge in [0, 0.05) is 30.6 Å². The first kappa shape index (κ1) is 16.9. The van der Waals surface area contributed by atoms with Crippen molar-refractivity contribution < 1.29 is 8.42 Å². The Morgan fingerprint density at radius 1 is 1.04 bits per heavy atom. The highest BCUT2D eigenvalue weighted by molar-refractivity contribution is 7.90. The van der Waals surface area contributed by atoms with Crippen LogP contribution in [-0.2, 0) is 16.3 Å². The second kappa shape index (κ2) is 6.89. The van der Waals surface area contributed by atoms with Gasteiger partial charge in [-0.15, -0.1) is 0 Å². The molecule has 1 aliphatic rings. The molecule has 1 aromatic carbocycles. The molecule has 0 aliphatic carbocycles. The second-order valence-electron chi connectivity index (χ2n) is 6.24. The zero-order valence-corrected chi connectivity index (χ0v) is 15.0. The van der Waals surface area contributed by atoms with E-state index in [4.69, 9.17) is 4.98 Å². The maximum absolute atomic E-state index is 11.6. The summed E-state index contributed by atoms with van der Waals surface area (Å²) in [6.07, 6.45) is 5.69. The van der Waals surface area contributed by atoms with E-state index in [1.54, 1.807) is 12.1 Å². The van der Waals surface area contributed by atoms with Crippen LogP contribution >= 0.6 is 0 Å². The van der Waals surface area contributed by atoms with E-state index in [9.17, 15) is 8.42 Å². The van der Waals surface area contributed by atoms with E-state index in [0.29, 0.717) is 4.90 Å². The number of nitrogens with zero attached hydrogens (tertiary/aromatic N) is 3. The van der Waals surface area contributed by atoms with Crippen LogP contribution in [0.5, 0.6) is 0 Å². The molecule has 24 heavy (non-hydrogen) atoms. The first-order valence-corrected chi connectivity index (χ1v) is 10.3. The van der Waals surface area contributed by atoms with E-state index in [-0.39, 0.29) is 0 Å². The molecule has 1 saturated heterocycles. The number of hydrogen-bond acceptors (Lipinski definition) is 5. The van der Waals surface area contributed by atoms with Crippen LogP contribution in [0.25, 0.3) is 11.3 Å². The molecule has 0 N–H and O–H groups in total. The molecule has 0 saturated carbocycles. The molecular weight excluding hydrogens is 322 g/mol. The van der Waals surface area contributed by atoms with Crippen LogP contribution in [0, 0.1) is 0 Å². The average molecular weight is 345 g/mol. The molecular formula is C18H23N3O2S. The lowest BCUT2D eigenvalue weighted by Crippen LogP contribution is -2.31. The van der Waals surface area contributed by atoms with Crippen molar-refractivity contribution in [1.29, 1.82) is 0 Å². The van der Waals surface area contributed by atoms with Gasteiger partial charge in [-0.05, 0) is 43.9 Å². The number of sulfone groups is 1. The smallest absolute Gasteiger partial charge is 0.226 e. The fourth-order valence-electron chi connectivity index (χ4n) is 2.92. The van der Waals surface area contributed by atoms with Crippen molar-refractivity contribution in [2.75, 3.05) is 24.2 Å². The number of rotatable bonds is 4. The number of anilines is 1. The quantitative estimate of drug-likeness (QED) is 0.852. The van der Waals surface area contributed by atoms with Gasteiger partial charge in [0.1, 0.15) is 0 Å². The Balaban J connectivity index is 1.97. The SMILES string of the molecule is CCc1cc(-c2ccc(S(C)(=O)=O)cc2)nc(N2CCCCC2)n1. The highest BCUT2D eigenvalue weighted by atomic mass is 32.2. The normalized spacial score (nSPS) is 15.5. The molecule has 1 aliphatic heterocycles. The molecule has 0 amide bonds. The van der Waals surface area contributed by atoms with E-state index in [1.165, 1.54) is 25.5 Å². The maximum Gasteiger partial charge on any atom is 0.226 e. The Morgan fingerprint density at radius 3 is 2.29 bits per heavy atom. The number of benzene rings is 1. The molecule has 5 nitrogen and oxygen atoms in total. The van der Waals surface area contributed by atoms with E-state index in [0.717, 1.165) is 42.4 Å². The number of aryl methyl sites for hydroxylation is 1. The maximum atomic E-state index is 11.6. The molecule has 1 fully saturated rings. The summed E-state index contributed by atoms with van der Waals surface area (Å²) in [7, 11) is -3.18. The van der Waals surface area contributed by atoms with Crippen molar-refractivity contribution in [2.45, 2.75) is 37.5 Å². The average Bonchev–Trinajstić information content (AvgIpc) is 2.61. The predicted octanol–water partition coefficient (Wildman–Crippen LogP) is 3.10. The Kier molecular flexibility index (Phi) is 4.85. The van der Waals surface area contributed by atoms with Gasteiger partial charge < -0.3 is 4.90 Å². The summed E-state index contributed by atoms with van der Waals surface area (Å²) in [6, 6.07) is 8.90. The fourth-order valence-corrected chi connectivity index (χ4v) is 3.55. The molecule has 1 aromatic heterocycles. The Hall–Kier alpha value is -1.95. The molecule has 128 valence electrons. The number of piperidine rings is 1. The third-order valence-electron chi connectivity index (χ3n) is 4.35. The monoisotopic (exact) mass is 345 g/mol. The molecule has 0 atom stereocenters.